The number of likely N-dealkylation sites (tertiary alicyclic amines) is 1. The van der Waals surface area contributed by atoms with Crippen molar-refractivity contribution in [2.75, 3.05) is 20.1 Å². The highest BCUT2D eigenvalue weighted by Crippen LogP contribution is 2.21. The summed E-state index contributed by atoms with van der Waals surface area (Å²) in [4.78, 5) is 2.62. The molecule has 1 aromatic rings. The summed E-state index contributed by atoms with van der Waals surface area (Å²) < 4.78 is 0. The van der Waals surface area contributed by atoms with Gasteiger partial charge in [-0.2, -0.15) is 0 Å². The van der Waals surface area contributed by atoms with Crippen molar-refractivity contribution in [1.82, 2.24) is 10.2 Å². The number of nitrogens with one attached hydrogen (secondary N) is 1. The summed E-state index contributed by atoms with van der Waals surface area (Å²) in [5, 5.41) is 3.31. The lowest BCUT2D eigenvalue weighted by atomic mass is 10.0. The number of hydrogen-bond donors (Lipinski definition) is 1. The Morgan fingerprint density at radius 3 is 2.83 bits per heavy atom. The Labute approximate surface area is 117 Å². The fourth-order valence-corrected chi connectivity index (χ4v) is 2.76. The van der Waals surface area contributed by atoms with Gasteiger partial charge in [0.2, 0.25) is 0 Å². The zero-order chi connectivity index (χ0) is 12.3. The molecule has 1 fully saturated rings. The van der Waals surface area contributed by atoms with Gasteiger partial charge in [-0.25, -0.2) is 0 Å². The summed E-state index contributed by atoms with van der Waals surface area (Å²) in [5.74, 6) is 0. The smallest absolute Gasteiger partial charge is 0.0239 e. The summed E-state index contributed by atoms with van der Waals surface area (Å²) in [6.07, 6.45) is 2.68. The third-order valence-electron chi connectivity index (χ3n) is 3.82. The third-order valence-corrected chi connectivity index (χ3v) is 3.82. The quantitative estimate of drug-likeness (QED) is 0.903. The molecule has 0 spiro atoms. The van der Waals surface area contributed by atoms with Gasteiger partial charge < -0.3 is 5.32 Å². The molecule has 18 heavy (non-hydrogen) atoms. The molecule has 2 nitrogen and oxygen atoms in total. The van der Waals surface area contributed by atoms with Crippen LogP contribution in [0, 0.1) is 13.8 Å². The number of nitrogens with zero attached hydrogens (tertiary/aromatic N) is 1. The number of hydrogen-bond acceptors (Lipinski definition) is 2. The fraction of sp³-hybridized carbons (Fsp3) is 0.600. The van der Waals surface area contributed by atoms with E-state index in [1.54, 1.807) is 0 Å². The van der Waals surface area contributed by atoms with Crippen molar-refractivity contribution in [2.45, 2.75) is 39.3 Å². The average molecular weight is 269 g/mol. The van der Waals surface area contributed by atoms with Crippen LogP contribution in [0.3, 0.4) is 0 Å². The topological polar surface area (TPSA) is 15.3 Å². The maximum Gasteiger partial charge on any atom is 0.0239 e. The largest absolute Gasteiger partial charge is 0.318 e. The van der Waals surface area contributed by atoms with Crippen LogP contribution in [0.25, 0.3) is 0 Å². The van der Waals surface area contributed by atoms with E-state index < -0.39 is 0 Å². The summed E-state index contributed by atoms with van der Waals surface area (Å²) >= 11 is 0. The first-order chi connectivity index (χ1) is 8.20. The molecule has 1 aliphatic rings. The van der Waals surface area contributed by atoms with Crippen molar-refractivity contribution in [3.63, 3.8) is 0 Å². The van der Waals surface area contributed by atoms with Gasteiger partial charge in [-0.05, 0) is 51.4 Å². The van der Waals surface area contributed by atoms with Crippen molar-refractivity contribution >= 4 is 12.4 Å². The number of benzene rings is 1. The summed E-state index contributed by atoms with van der Waals surface area (Å²) in [5.41, 5.74) is 4.29. The second-order valence-corrected chi connectivity index (χ2v) is 5.25. The molecule has 1 atom stereocenters. The third kappa shape index (κ3) is 3.71. The van der Waals surface area contributed by atoms with Gasteiger partial charge in [-0.1, -0.05) is 23.8 Å². The zero-order valence-electron chi connectivity index (χ0n) is 11.7. The monoisotopic (exact) mass is 268 g/mol. The molecule has 1 aliphatic heterocycles. The Hall–Kier alpha value is -0.570. The van der Waals surface area contributed by atoms with Gasteiger partial charge in [0.1, 0.15) is 0 Å². The van der Waals surface area contributed by atoms with Gasteiger partial charge in [-0.3, -0.25) is 4.90 Å². The molecular weight excluding hydrogens is 244 g/mol. The molecule has 0 bridgehead atoms. The predicted octanol–water partition coefficient (Wildman–Crippen LogP) is 2.91. The predicted molar refractivity (Wildman–Crippen MR) is 80.5 cm³/mol. The van der Waals surface area contributed by atoms with Crippen LogP contribution in [0.1, 0.15) is 29.5 Å². The molecule has 1 saturated heterocycles. The molecule has 102 valence electrons. The molecule has 0 amide bonds. The Bertz CT molecular complexity index is 379. The van der Waals surface area contributed by atoms with Crippen LogP contribution in [0.15, 0.2) is 18.2 Å². The minimum atomic E-state index is 0. The lowest BCUT2D eigenvalue weighted by Gasteiger charge is -2.25. The van der Waals surface area contributed by atoms with Gasteiger partial charge in [0.25, 0.3) is 0 Å². The Morgan fingerprint density at radius 2 is 2.11 bits per heavy atom. The van der Waals surface area contributed by atoms with E-state index in [2.05, 4.69) is 49.3 Å². The molecule has 1 N–H and O–H groups in total. The molecule has 0 radical (unpaired) electrons. The van der Waals surface area contributed by atoms with Gasteiger partial charge in [0.15, 0.2) is 0 Å². The average Bonchev–Trinajstić information content (AvgIpc) is 2.72. The van der Waals surface area contributed by atoms with Gasteiger partial charge >= 0.3 is 0 Å². The molecule has 1 aromatic carbocycles. The minimum Gasteiger partial charge on any atom is -0.318 e. The van der Waals surface area contributed by atoms with Crippen LogP contribution in [0.2, 0.25) is 0 Å². The van der Waals surface area contributed by atoms with Crippen LogP contribution in [-0.4, -0.2) is 31.1 Å². The van der Waals surface area contributed by atoms with Crippen LogP contribution in [0.5, 0.6) is 0 Å². The molecule has 0 aromatic heterocycles. The molecule has 1 heterocycles. The number of rotatable bonds is 4. The van der Waals surface area contributed by atoms with E-state index in [1.165, 1.54) is 36.1 Å². The number of aryl methyl sites for hydroxylation is 2. The molecule has 1 unspecified atom stereocenters. The second kappa shape index (κ2) is 7.13. The van der Waals surface area contributed by atoms with Crippen molar-refractivity contribution in [3.05, 3.63) is 34.9 Å². The Kier molecular flexibility index (Phi) is 6.13. The number of halogens is 1. The molecule has 0 saturated carbocycles. The first-order valence-electron chi connectivity index (χ1n) is 6.65. The van der Waals surface area contributed by atoms with E-state index in [9.17, 15) is 0 Å². The highest BCUT2D eigenvalue weighted by Gasteiger charge is 2.23. The first kappa shape index (κ1) is 15.5. The van der Waals surface area contributed by atoms with Crippen LogP contribution in [0.4, 0.5) is 0 Å². The lowest BCUT2D eigenvalue weighted by molar-refractivity contribution is 0.242. The molecule has 0 aliphatic carbocycles. The van der Waals surface area contributed by atoms with E-state index in [-0.39, 0.29) is 12.4 Å². The molecule has 2 rings (SSSR count). The van der Waals surface area contributed by atoms with E-state index in [0.717, 1.165) is 19.1 Å². The summed E-state index contributed by atoms with van der Waals surface area (Å²) in [7, 11) is 2.05. The van der Waals surface area contributed by atoms with Crippen LogP contribution >= 0.6 is 12.4 Å². The van der Waals surface area contributed by atoms with Gasteiger partial charge in [0.05, 0.1) is 0 Å². The van der Waals surface area contributed by atoms with Crippen LogP contribution < -0.4 is 5.32 Å². The van der Waals surface area contributed by atoms with Crippen molar-refractivity contribution in [1.29, 1.82) is 0 Å². The maximum atomic E-state index is 3.31. The second-order valence-electron chi connectivity index (χ2n) is 5.25. The maximum absolute atomic E-state index is 3.31. The van der Waals surface area contributed by atoms with E-state index >= 15 is 0 Å². The highest BCUT2D eigenvalue weighted by molar-refractivity contribution is 5.85. The first-order valence-corrected chi connectivity index (χ1v) is 6.65. The van der Waals surface area contributed by atoms with Crippen molar-refractivity contribution in [2.24, 2.45) is 0 Å². The van der Waals surface area contributed by atoms with Gasteiger partial charge in [-0.15, -0.1) is 12.4 Å². The van der Waals surface area contributed by atoms with E-state index in [4.69, 9.17) is 0 Å². The van der Waals surface area contributed by atoms with Crippen LogP contribution in [-0.2, 0) is 6.54 Å². The summed E-state index contributed by atoms with van der Waals surface area (Å²) in [6, 6.07) is 7.51. The minimum absolute atomic E-state index is 0. The fourth-order valence-electron chi connectivity index (χ4n) is 2.76. The Morgan fingerprint density at radius 1 is 1.33 bits per heavy atom. The Balaban J connectivity index is 0.00000162. The van der Waals surface area contributed by atoms with Crippen molar-refractivity contribution in [3.8, 4) is 0 Å². The lowest BCUT2D eigenvalue weighted by Crippen LogP contribution is -2.36. The summed E-state index contributed by atoms with van der Waals surface area (Å²) in [6.45, 7) is 7.88. The van der Waals surface area contributed by atoms with Gasteiger partial charge in [0, 0.05) is 19.1 Å². The van der Waals surface area contributed by atoms with E-state index in [1.807, 2.05) is 0 Å². The highest BCUT2D eigenvalue weighted by atomic mass is 35.5. The van der Waals surface area contributed by atoms with Crippen molar-refractivity contribution < 1.29 is 0 Å². The molecular formula is C15H25ClN2. The normalized spacial score (nSPS) is 19.8. The SMILES string of the molecule is CNCC1CCCN1Cc1cc(C)ccc1C.Cl. The van der Waals surface area contributed by atoms with E-state index in [0.29, 0.717) is 0 Å². The zero-order valence-corrected chi connectivity index (χ0v) is 12.5. The number of likely N-dealkylation sites (N-methyl/N-ethyl adjacent to an activating group) is 1. The standard InChI is InChI=1S/C15H24N2.ClH/c1-12-6-7-13(2)14(9-12)11-17-8-4-5-15(17)10-16-3;/h6-7,9,15-16H,4-5,8,10-11H2,1-3H3;1H. The molecule has 3 heteroatoms.